The normalized spacial score (nSPS) is 14.4. The van der Waals surface area contributed by atoms with Gasteiger partial charge in [-0.2, -0.15) is 0 Å². The van der Waals surface area contributed by atoms with E-state index in [2.05, 4.69) is 0 Å². The molecular formula is C12H19NO2S. The zero-order chi connectivity index (χ0) is 12.0. The topological polar surface area (TPSA) is 52.3 Å². The molecule has 2 N–H and O–H groups in total. The van der Waals surface area contributed by atoms with Gasteiger partial charge in [0.25, 0.3) is 0 Å². The summed E-state index contributed by atoms with van der Waals surface area (Å²) in [6, 6.07) is 3.54. The molecule has 1 rings (SSSR count). The molecular weight excluding hydrogens is 222 g/mol. The van der Waals surface area contributed by atoms with E-state index in [1.54, 1.807) is 11.3 Å². The van der Waals surface area contributed by atoms with E-state index in [0.29, 0.717) is 6.61 Å². The van der Waals surface area contributed by atoms with Gasteiger partial charge in [0.2, 0.25) is 0 Å². The third-order valence-corrected chi connectivity index (χ3v) is 3.64. The van der Waals surface area contributed by atoms with Crippen LogP contribution in [0.4, 0.5) is 0 Å². The molecule has 0 aromatic carbocycles. The summed E-state index contributed by atoms with van der Waals surface area (Å²) in [7, 11) is 0. The number of carbonyl (C=O) groups is 1. The number of hydrogen-bond acceptors (Lipinski definition) is 4. The maximum Gasteiger partial charge on any atom is 0.323 e. The first-order chi connectivity index (χ1) is 7.65. The third-order valence-electron chi connectivity index (χ3n) is 2.70. The first-order valence-electron chi connectivity index (χ1n) is 5.59. The van der Waals surface area contributed by atoms with Crippen LogP contribution in [-0.4, -0.2) is 18.6 Å². The predicted octanol–water partition coefficient (Wildman–Crippen LogP) is 2.21. The second-order valence-corrected chi connectivity index (χ2v) is 4.94. The van der Waals surface area contributed by atoms with Crippen molar-refractivity contribution in [2.45, 2.75) is 32.7 Å². The molecule has 1 heterocycles. The Hall–Kier alpha value is -0.870. The Labute approximate surface area is 101 Å². The van der Waals surface area contributed by atoms with E-state index in [1.165, 1.54) is 4.88 Å². The first kappa shape index (κ1) is 13.2. The van der Waals surface area contributed by atoms with Gasteiger partial charge in [-0.1, -0.05) is 26.3 Å². The molecule has 0 amide bonds. The Morgan fingerprint density at radius 1 is 1.62 bits per heavy atom. The van der Waals surface area contributed by atoms with Crippen LogP contribution >= 0.6 is 11.3 Å². The molecule has 1 aromatic rings. The molecule has 16 heavy (non-hydrogen) atoms. The van der Waals surface area contributed by atoms with Gasteiger partial charge in [0.15, 0.2) is 0 Å². The fourth-order valence-corrected chi connectivity index (χ4v) is 1.98. The van der Waals surface area contributed by atoms with Crippen LogP contribution in [-0.2, 0) is 16.0 Å². The molecule has 4 heteroatoms. The predicted molar refractivity (Wildman–Crippen MR) is 66.4 cm³/mol. The number of thiophene rings is 1. The van der Waals surface area contributed by atoms with Gasteiger partial charge in [-0.25, -0.2) is 0 Å². The van der Waals surface area contributed by atoms with Crippen LogP contribution in [0.1, 0.15) is 25.1 Å². The van der Waals surface area contributed by atoms with Gasteiger partial charge in [-0.3, -0.25) is 4.79 Å². The van der Waals surface area contributed by atoms with Gasteiger partial charge in [-0.15, -0.1) is 11.3 Å². The number of carbonyl (C=O) groups excluding carboxylic acids is 1. The van der Waals surface area contributed by atoms with Gasteiger partial charge in [0.1, 0.15) is 6.04 Å². The van der Waals surface area contributed by atoms with Crippen molar-refractivity contribution >= 4 is 17.3 Å². The molecule has 0 aliphatic carbocycles. The summed E-state index contributed by atoms with van der Waals surface area (Å²) in [5.41, 5.74) is 5.76. The lowest BCUT2D eigenvalue weighted by Gasteiger charge is -2.16. The van der Waals surface area contributed by atoms with Crippen LogP contribution in [0.15, 0.2) is 17.5 Å². The monoisotopic (exact) mass is 241 g/mol. The summed E-state index contributed by atoms with van der Waals surface area (Å²) in [6.45, 7) is 4.40. The maximum atomic E-state index is 11.5. The molecule has 1 unspecified atom stereocenters. The van der Waals surface area contributed by atoms with Crippen molar-refractivity contribution in [2.75, 3.05) is 6.61 Å². The second-order valence-electron chi connectivity index (χ2n) is 3.91. The minimum absolute atomic E-state index is 0.175. The molecule has 0 bridgehead atoms. The van der Waals surface area contributed by atoms with Crippen LogP contribution in [0.25, 0.3) is 0 Å². The molecule has 2 atom stereocenters. The maximum absolute atomic E-state index is 11.5. The Morgan fingerprint density at radius 3 is 2.94 bits per heavy atom. The van der Waals surface area contributed by atoms with E-state index in [-0.39, 0.29) is 11.9 Å². The third kappa shape index (κ3) is 3.94. The van der Waals surface area contributed by atoms with Crippen LogP contribution in [0.5, 0.6) is 0 Å². The Kier molecular flexibility index (Phi) is 5.49. The fraction of sp³-hybridized carbons (Fsp3) is 0.583. The fourth-order valence-electron chi connectivity index (χ4n) is 1.29. The average molecular weight is 241 g/mol. The smallest absolute Gasteiger partial charge is 0.323 e. The van der Waals surface area contributed by atoms with Gasteiger partial charge in [0.05, 0.1) is 6.61 Å². The van der Waals surface area contributed by atoms with Gasteiger partial charge in [0, 0.05) is 11.3 Å². The van der Waals surface area contributed by atoms with Gasteiger partial charge < -0.3 is 10.5 Å². The molecule has 0 aliphatic heterocycles. The lowest BCUT2D eigenvalue weighted by atomic mass is 10.0. The van der Waals surface area contributed by atoms with Crippen molar-refractivity contribution < 1.29 is 9.53 Å². The van der Waals surface area contributed by atoms with E-state index in [1.807, 2.05) is 31.4 Å². The largest absolute Gasteiger partial charge is 0.464 e. The molecule has 0 spiro atoms. The van der Waals surface area contributed by atoms with Crippen LogP contribution in [0, 0.1) is 5.92 Å². The van der Waals surface area contributed by atoms with Crippen molar-refractivity contribution in [3.05, 3.63) is 22.4 Å². The summed E-state index contributed by atoms with van der Waals surface area (Å²) in [6.07, 6.45) is 1.66. The van der Waals surface area contributed by atoms with Crippen LogP contribution < -0.4 is 5.73 Å². The number of nitrogens with two attached hydrogens (primary N) is 1. The molecule has 90 valence electrons. The highest BCUT2D eigenvalue weighted by Crippen LogP contribution is 2.10. The van der Waals surface area contributed by atoms with E-state index in [9.17, 15) is 4.79 Å². The molecule has 0 aliphatic rings. The molecule has 1 aromatic heterocycles. The van der Waals surface area contributed by atoms with E-state index in [4.69, 9.17) is 10.5 Å². The highest BCUT2D eigenvalue weighted by molar-refractivity contribution is 7.09. The number of hydrogen-bond donors (Lipinski definition) is 1. The van der Waals surface area contributed by atoms with Crippen LogP contribution in [0.3, 0.4) is 0 Å². The lowest BCUT2D eigenvalue weighted by Crippen LogP contribution is -2.38. The summed E-state index contributed by atoms with van der Waals surface area (Å²) < 4.78 is 5.14. The highest BCUT2D eigenvalue weighted by atomic mass is 32.1. The minimum atomic E-state index is -0.492. The zero-order valence-electron chi connectivity index (χ0n) is 9.81. The number of rotatable bonds is 6. The number of ether oxygens (including phenoxy) is 1. The average Bonchev–Trinajstić information content (AvgIpc) is 2.79. The standard InChI is InChI=1S/C12H19NO2S/c1-3-9(2)11(13)12(14)15-7-6-10-5-4-8-16-10/h4-5,8-9,11H,3,6-7,13H2,1-2H3/t9?,11-/m0/s1. The molecule has 0 radical (unpaired) electrons. The van der Waals surface area contributed by atoms with Crippen molar-refractivity contribution in [1.82, 2.24) is 0 Å². The Bertz CT molecular complexity index is 311. The molecule has 0 saturated heterocycles. The van der Waals surface area contributed by atoms with Crippen molar-refractivity contribution in [3.8, 4) is 0 Å². The first-order valence-corrected chi connectivity index (χ1v) is 6.47. The highest BCUT2D eigenvalue weighted by Gasteiger charge is 2.20. The van der Waals surface area contributed by atoms with Crippen LogP contribution in [0.2, 0.25) is 0 Å². The van der Waals surface area contributed by atoms with Crippen molar-refractivity contribution in [2.24, 2.45) is 11.7 Å². The van der Waals surface area contributed by atoms with E-state index < -0.39 is 6.04 Å². The van der Waals surface area contributed by atoms with Gasteiger partial charge in [-0.05, 0) is 17.4 Å². The van der Waals surface area contributed by atoms with E-state index >= 15 is 0 Å². The lowest BCUT2D eigenvalue weighted by molar-refractivity contribution is -0.146. The molecule has 0 fully saturated rings. The second kappa shape index (κ2) is 6.66. The van der Waals surface area contributed by atoms with Crippen molar-refractivity contribution in [1.29, 1.82) is 0 Å². The summed E-state index contributed by atoms with van der Waals surface area (Å²) >= 11 is 1.67. The summed E-state index contributed by atoms with van der Waals surface area (Å²) in [5.74, 6) is -0.111. The quantitative estimate of drug-likeness (QED) is 0.777. The zero-order valence-corrected chi connectivity index (χ0v) is 10.6. The van der Waals surface area contributed by atoms with E-state index in [0.717, 1.165) is 12.8 Å². The Balaban J connectivity index is 2.24. The molecule has 0 saturated carbocycles. The number of esters is 1. The summed E-state index contributed by atoms with van der Waals surface area (Å²) in [4.78, 5) is 12.8. The minimum Gasteiger partial charge on any atom is -0.464 e. The van der Waals surface area contributed by atoms with Crippen molar-refractivity contribution in [3.63, 3.8) is 0 Å². The summed E-state index contributed by atoms with van der Waals surface area (Å²) in [5, 5.41) is 2.02. The molecule has 3 nitrogen and oxygen atoms in total. The van der Waals surface area contributed by atoms with Gasteiger partial charge >= 0.3 is 5.97 Å². The SMILES string of the molecule is CCC(C)[C@H](N)C(=O)OCCc1cccs1. The Morgan fingerprint density at radius 2 is 2.38 bits per heavy atom.